The number of halogens is 1. The first kappa shape index (κ1) is 14.7. The molecule has 1 heterocycles. The molecule has 20 heavy (non-hydrogen) atoms. The Labute approximate surface area is 120 Å². The fraction of sp³-hybridized carbons (Fsp3) is 0.357. The number of nitrogen functional groups attached to an aromatic ring is 1. The Morgan fingerprint density at radius 1 is 1.55 bits per heavy atom. The molecule has 0 bridgehead atoms. The van der Waals surface area contributed by atoms with Crippen LogP contribution in [0, 0.1) is 5.82 Å². The van der Waals surface area contributed by atoms with E-state index in [2.05, 4.69) is 10.3 Å². The summed E-state index contributed by atoms with van der Waals surface area (Å²) in [5.74, 6) is -0.418. The van der Waals surface area contributed by atoms with Crippen molar-refractivity contribution in [2.45, 2.75) is 18.6 Å². The lowest BCUT2D eigenvalue weighted by Crippen LogP contribution is -2.15. The van der Waals surface area contributed by atoms with E-state index in [4.69, 9.17) is 5.73 Å². The van der Waals surface area contributed by atoms with E-state index in [9.17, 15) is 8.60 Å². The summed E-state index contributed by atoms with van der Waals surface area (Å²) < 4.78 is 25.3. The Morgan fingerprint density at radius 2 is 2.30 bits per heavy atom. The smallest absolute Gasteiger partial charge is 0.150 e. The molecule has 2 aromatic rings. The third kappa shape index (κ3) is 3.07. The summed E-state index contributed by atoms with van der Waals surface area (Å²) in [6.07, 6.45) is 3.97. The van der Waals surface area contributed by atoms with Gasteiger partial charge in [0.25, 0.3) is 0 Å². The third-order valence-corrected chi connectivity index (χ3v) is 4.66. The normalized spacial score (nSPS) is 14.2. The molecule has 0 fully saturated rings. The maximum Gasteiger partial charge on any atom is 0.150 e. The number of hydrogen-bond acceptors (Lipinski definition) is 4. The van der Waals surface area contributed by atoms with Crippen molar-refractivity contribution in [3.05, 3.63) is 30.2 Å². The molecule has 0 aliphatic rings. The Kier molecular flexibility index (Phi) is 4.54. The highest BCUT2D eigenvalue weighted by molar-refractivity contribution is 7.84. The Morgan fingerprint density at radius 3 is 3.00 bits per heavy atom. The maximum absolute atomic E-state index is 14.0. The third-order valence-electron chi connectivity index (χ3n) is 3.30. The SMILES string of the molecule is CC(CCNc1c(F)cc(N)c2cccnc12)S(C)=O. The minimum Gasteiger partial charge on any atom is -0.398 e. The highest BCUT2D eigenvalue weighted by Crippen LogP contribution is 2.29. The number of anilines is 2. The van der Waals surface area contributed by atoms with Crippen LogP contribution in [0.1, 0.15) is 13.3 Å². The van der Waals surface area contributed by atoms with Crippen molar-refractivity contribution in [3.8, 4) is 0 Å². The molecule has 0 aliphatic carbocycles. The molecule has 0 amide bonds. The molecule has 2 rings (SSSR count). The number of pyridine rings is 1. The molecular weight excluding hydrogens is 277 g/mol. The number of hydrogen-bond donors (Lipinski definition) is 2. The van der Waals surface area contributed by atoms with Crippen LogP contribution in [-0.2, 0) is 10.8 Å². The average molecular weight is 295 g/mol. The van der Waals surface area contributed by atoms with Crippen molar-refractivity contribution in [2.24, 2.45) is 0 Å². The highest BCUT2D eigenvalue weighted by atomic mass is 32.2. The van der Waals surface area contributed by atoms with Crippen molar-refractivity contribution in [2.75, 3.05) is 23.9 Å². The molecule has 1 aromatic carbocycles. The summed E-state index contributed by atoms with van der Waals surface area (Å²) in [6.45, 7) is 2.45. The van der Waals surface area contributed by atoms with Crippen LogP contribution in [0.25, 0.3) is 10.9 Å². The van der Waals surface area contributed by atoms with Gasteiger partial charge in [0, 0.05) is 46.1 Å². The van der Waals surface area contributed by atoms with Gasteiger partial charge >= 0.3 is 0 Å². The van der Waals surface area contributed by atoms with Crippen LogP contribution >= 0.6 is 0 Å². The molecule has 0 spiro atoms. The zero-order valence-electron chi connectivity index (χ0n) is 11.5. The van der Waals surface area contributed by atoms with E-state index in [1.165, 1.54) is 6.07 Å². The second-order valence-corrected chi connectivity index (χ2v) is 6.55. The van der Waals surface area contributed by atoms with E-state index in [0.717, 1.165) is 5.39 Å². The molecule has 2 atom stereocenters. The Balaban J connectivity index is 2.24. The second-order valence-electron chi connectivity index (χ2n) is 4.75. The largest absolute Gasteiger partial charge is 0.398 e. The van der Waals surface area contributed by atoms with E-state index in [0.29, 0.717) is 29.9 Å². The highest BCUT2D eigenvalue weighted by Gasteiger charge is 2.12. The van der Waals surface area contributed by atoms with Crippen LogP contribution in [0.5, 0.6) is 0 Å². The molecular formula is C14H18FN3OS. The number of nitrogens with zero attached hydrogens (tertiary/aromatic N) is 1. The average Bonchev–Trinajstić information content (AvgIpc) is 2.42. The monoisotopic (exact) mass is 295 g/mol. The summed E-state index contributed by atoms with van der Waals surface area (Å²) >= 11 is 0. The number of benzene rings is 1. The number of nitrogens with one attached hydrogen (secondary N) is 1. The first-order valence-corrected chi connectivity index (χ1v) is 8.01. The van der Waals surface area contributed by atoms with Crippen molar-refractivity contribution in [1.82, 2.24) is 4.98 Å². The topological polar surface area (TPSA) is 68.0 Å². The minimum absolute atomic E-state index is 0.0681. The molecule has 0 saturated heterocycles. The van der Waals surface area contributed by atoms with Gasteiger partial charge in [0.05, 0.1) is 11.2 Å². The molecule has 1 aromatic heterocycles. The van der Waals surface area contributed by atoms with E-state index in [1.54, 1.807) is 18.5 Å². The second kappa shape index (κ2) is 6.17. The predicted molar refractivity (Wildman–Crippen MR) is 82.7 cm³/mol. The van der Waals surface area contributed by atoms with Gasteiger partial charge in [-0.1, -0.05) is 6.92 Å². The molecule has 6 heteroatoms. The van der Waals surface area contributed by atoms with Gasteiger partial charge in [-0.2, -0.15) is 0 Å². The number of aromatic nitrogens is 1. The van der Waals surface area contributed by atoms with Gasteiger partial charge < -0.3 is 11.1 Å². The van der Waals surface area contributed by atoms with Crippen LogP contribution in [0.4, 0.5) is 15.8 Å². The first-order chi connectivity index (χ1) is 9.50. The van der Waals surface area contributed by atoms with E-state index in [-0.39, 0.29) is 5.25 Å². The fourth-order valence-electron chi connectivity index (χ4n) is 1.97. The zero-order chi connectivity index (χ0) is 14.7. The van der Waals surface area contributed by atoms with Crippen LogP contribution in [0.15, 0.2) is 24.4 Å². The van der Waals surface area contributed by atoms with Crippen molar-refractivity contribution in [3.63, 3.8) is 0 Å². The molecule has 0 saturated carbocycles. The van der Waals surface area contributed by atoms with Crippen LogP contribution in [-0.4, -0.2) is 27.2 Å². The van der Waals surface area contributed by atoms with E-state index >= 15 is 0 Å². The lowest BCUT2D eigenvalue weighted by molar-refractivity contribution is 0.631. The predicted octanol–water partition coefficient (Wildman–Crippen LogP) is 2.53. The molecule has 3 N–H and O–H groups in total. The summed E-state index contributed by atoms with van der Waals surface area (Å²) in [5, 5.41) is 3.84. The lowest BCUT2D eigenvalue weighted by Gasteiger charge is -2.13. The van der Waals surface area contributed by atoms with Gasteiger partial charge in [-0.25, -0.2) is 4.39 Å². The van der Waals surface area contributed by atoms with Gasteiger partial charge in [-0.3, -0.25) is 9.19 Å². The number of nitrogens with two attached hydrogens (primary N) is 1. The summed E-state index contributed by atoms with van der Waals surface area (Å²) in [5.41, 5.74) is 7.04. The molecule has 0 radical (unpaired) electrons. The number of rotatable bonds is 5. The van der Waals surface area contributed by atoms with E-state index in [1.807, 2.05) is 13.0 Å². The first-order valence-electron chi connectivity index (χ1n) is 6.39. The van der Waals surface area contributed by atoms with Crippen molar-refractivity contribution in [1.29, 1.82) is 0 Å². The van der Waals surface area contributed by atoms with Gasteiger partial charge in [0.15, 0.2) is 5.82 Å². The minimum atomic E-state index is -0.874. The fourth-order valence-corrected chi connectivity index (χ4v) is 2.42. The quantitative estimate of drug-likeness (QED) is 0.832. The molecule has 0 aliphatic heterocycles. The van der Waals surface area contributed by atoms with Gasteiger partial charge in [-0.15, -0.1) is 0 Å². The Hall–Kier alpha value is -1.69. The number of fused-ring (bicyclic) bond motifs is 1. The summed E-state index contributed by atoms with van der Waals surface area (Å²) in [6, 6.07) is 4.88. The molecule has 2 unspecified atom stereocenters. The Bertz CT molecular complexity index is 648. The van der Waals surface area contributed by atoms with Crippen LogP contribution in [0.3, 0.4) is 0 Å². The summed E-state index contributed by atoms with van der Waals surface area (Å²) in [7, 11) is -0.874. The van der Waals surface area contributed by atoms with Crippen LogP contribution < -0.4 is 11.1 Å². The zero-order valence-corrected chi connectivity index (χ0v) is 12.3. The van der Waals surface area contributed by atoms with E-state index < -0.39 is 16.6 Å². The van der Waals surface area contributed by atoms with Crippen molar-refractivity contribution < 1.29 is 8.60 Å². The van der Waals surface area contributed by atoms with Crippen molar-refractivity contribution >= 4 is 33.1 Å². The molecule has 108 valence electrons. The standard InChI is InChI=1S/C14H18FN3OS/c1-9(20(2)19)5-7-18-14-11(15)8-12(16)10-4-3-6-17-13(10)14/h3-4,6,8-9,18H,5,7,16H2,1-2H3. The summed E-state index contributed by atoms with van der Waals surface area (Å²) in [4.78, 5) is 4.19. The van der Waals surface area contributed by atoms with Crippen LogP contribution in [0.2, 0.25) is 0 Å². The molecule has 4 nitrogen and oxygen atoms in total. The van der Waals surface area contributed by atoms with Gasteiger partial charge in [0.1, 0.15) is 0 Å². The lowest BCUT2D eigenvalue weighted by atomic mass is 10.1. The van der Waals surface area contributed by atoms with Gasteiger partial charge in [0.2, 0.25) is 0 Å². The maximum atomic E-state index is 14.0. The van der Waals surface area contributed by atoms with Gasteiger partial charge in [-0.05, 0) is 24.6 Å².